The van der Waals surface area contributed by atoms with Crippen molar-refractivity contribution in [3.63, 3.8) is 0 Å². The molecule has 0 bridgehead atoms. The van der Waals surface area contributed by atoms with Crippen molar-refractivity contribution in [1.82, 2.24) is 9.88 Å². The van der Waals surface area contributed by atoms with Crippen molar-refractivity contribution < 1.29 is 13.9 Å². The smallest absolute Gasteiger partial charge is 0.410 e. The van der Waals surface area contributed by atoms with E-state index in [1.807, 2.05) is 27.7 Å². The van der Waals surface area contributed by atoms with E-state index in [4.69, 9.17) is 4.74 Å². The average molecular weight is 309 g/mol. The molecule has 22 heavy (non-hydrogen) atoms. The number of halogens is 1. The van der Waals surface area contributed by atoms with Gasteiger partial charge in [0.05, 0.1) is 5.69 Å². The zero-order valence-electron chi connectivity index (χ0n) is 13.9. The molecule has 0 spiro atoms. The standard InChI is InChI=1S/C16H24FN3O2/c1-11-10-19(15(21)22-16(3,4)5)8-9-20(11)14-7-6-13(17)12(2)18-14/h6-7,11H,8-10H2,1-5H3/t11-/m1/s1. The number of aryl methyl sites for hydroxylation is 1. The van der Waals surface area contributed by atoms with Crippen molar-refractivity contribution in [2.75, 3.05) is 24.5 Å². The molecule has 0 unspecified atom stereocenters. The zero-order chi connectivity index (χ0) is 16.5. The fraction of sp³-hybridized carbons (Fsp3) is 0.625. The number of amides is 1. The van der Waals surface area contributed by atoms with Crippen LogP contribution in [0.3, 0.4) is 0 Å². The first-order chi connectivity index (χ1) is 10.2. The van der Waals surface area contributed by atoms with Crippen LogP contribution >= 0.6 is 0 Å². The molecule has 0 saturated carbocycles. The highest BCUT2D eigenvalue weighted by Crippen LogP contribution is 2.21. The summed E-state index contributed by atoms with van der Waals surface area (Å²) in [7, 11) is 0. The van der Waals surface area contributed by atoms with Gasteiger partial charge in [-0.25, -0.2) is 14.2 Å². The van der Waals surface area contributed by atoms with Crippen LogP contribution in [0.2, 0.25) is 0 Å². The summed E-state index contributed by atoms with van der Waals surface area (Å²) in [6, 6.07) is 3.21. The predicted octanol–water partition coefficient (Wildman–Crippen LogP) is 2.97. The van der Waals surface area contributed by atoms with Gasteiger partial charge in [-0.3, -0.25) is 0 Å². The van der Waals surface area contributed by atoms with Crippen LogP contribution in [0, 0.1) is 12.7 Å². The number of rotatable bonds is 1. The fourth-order valence-electron chi connectivity index (χ4n) is 2.48. The molecule has 0 N–H and O–H groups in total. The van der Waals surface area contributed by atoms with Crippen molar-refractivity contribution in [3.05, 3.63) is 23.6 Å². The van der Waals surface area contributed by atoms with Gasteiger partial charge in [0.2, 0.25) is 0 Å². The Morgan fingerprint density at radius 1 is 1.36 bits per heavy atom. The minimum atomic E-state index is -0.493. The number of carbonyl (C=O) groups is 1. The summed E-state index contributed by atoms with van der Waals surface area (Å²) in [6.07, 6.45) is -0.290. The van der Waals surface area contributed by atoms with Crippen molar-refractivity contribution in [1.29, 1.82) is 0 Å². The Labute approximate surface area is 131 Å². The molecule has 0 aromatic carbocycles. The van der Waals surface area contributed by atoms with Crippen molar-refractivity contribution >= 4 is 11.9 Å². The van der Waals surface area contributed by atoms with Crippen molar-refractivity contribution in [2.24, 2.45) is 0 Å². The molecule has 0 aliphatic carbocycles. The first kappa shape index (κ1) is 16.5. The molecular weight excluding hydrogens is 285 g/mol. The molecule has 1 aliphatic heterocycles. The molecule has 1 atom stereocenters. The van der Waals surface area contributed by atoms with Gasteiger partial charge in [0.1, 0.15) is 17.2 Å². The predicted molar refractivity (Wildman–Crippen MR) is 83.5 cm³/mol. The van der Waals surface area contributed by atoms with Crippen LogP contribution < -0.4 is 4.90 Å². The van der Waals surface area contributed by atoms with E-state index in [2.05, 4.69) is 9.88 Å². The number of anilines is 1. The van der Waals surface area contributed by atoms with E-state index in [0.29, 0.717) is 25.3 Å². The molecule has 2 rings (SSSR count). The number of hydrogen-bond acceptors (Lipinski definition) is 4. The number of hydrogen-bond donors (Lipinski definition) is 0. The van der Waals surface area contributed by atoms with Crippen LogP contribution in [0.25, 0.3) is 0 Å². The van der Waals surface area contributed by atoms with Crippen molar-refractivity contribution in [3.8, 4) is 0 Å². The van der Waals surface area contributed by atoms with Crippen LogP contribution in [-0.4, -0.2) is 47.3 Å². The number of nitrogens with zero attached hydrogens (tertiary/aromatic N) is 3. The summed E-state index contributed by atoms with van der Waals surface area (Å²) in [5.41, 5.74) is -0.105. The number of aromatic nitrogens is 1. The molecule has 1 aliphatic rings. The first-order valence-electron chi connectivity index (χ1n) is 7.55. The summed E-state index contributed by atoms with van der Waals surface area (Å²) >= 11 is 0. The molecule has 5 nitrogen and oxygen atoms in total. The number of ether oxygens (including phenoxy) is 1. The third-order valence-electron chi connectivity index (χ3n) is 3.58. The van der Waals surface area contributed by atoms with E-state index < -0.39 is 5.60 Å². The van der Waals surface area contributed by atoms with Gasteiger partial charge >= 0.3 is 6.09 Å². The molecule has 1 amide bonds. The Bertz CT molecular complexity index is 557. The lowest BCUT2D eigenvalue weighted by molar-refractivity contribution is 0.0218. The van der Waals surface area contributed by atoms with Gasteiger partial charge in [-0.05, 0) is 46.8 Å². The molecule has 1 saturated heterocycles. The Hall–Kier alpha value is -1.85. The van der Waals surface area contributed by atoms with E-state index in [9.17, 15) is 9.18 Å². The molecule has 122 valence electrons. The quantitative estimate of drug-likeness (QED) is 0.800. The normalized spacial score (nSPS) is 19.3. The maximum Gasteiger partial charge on any atom is 0.410 e. The maximum absolute atomic E-state index is 13.3. The minimum Gasteiger partial charge on any atom is -0.444 e. The monoisotopic (exact) mass is 309 g/mol. The Kier molecular flexibility index (Phi) is 4.58. The van der Waals surface area contributed by atoms with E-state index in [1.165, 1.54) is 6.07 Å². The van der Waals surface area contributed by atoms with Gasteiger partial charge in [0.25, 0.3) is 0 Å². The molecular formula is C16H24FN3O2. The summed E-state index contributed by atoms with van der Waals surface area (Å²) in [5, 5.41) is 0. The van der Waals surface area contributed by atoms with Gasteiger partial charge in [-0.15, -0.1) is 0 Å². The van der Waals surface area contributed by atoms with E-state index in [-0.39, 0.29) is 18.0 Å². The third kappa shape index (κ3) is 3.87. The summed E-state index contributed by atoms with van der Waals surface area (Å²) < 4.78 is 18.7. The van der Waals surface area contributed by atoms with Crippen LogP contribution in [0.1, 0.15) is 33.4 Å². The molecule has 2 heterocycles. The van der Waals surface area contributed by atoms with E-state index in [0.717, 1.165) is 5.82 Å². The van der Waals surface area contributed by atoms with Crippen LogP contribution in [0.15, 0.2) is 12.1 Å². The topological polar surface area (TPSA) is 45.7 Å². The maximum atomic E-state index is 13.3. The highest BCUT2D eigenvalue weighted by molar-refractivity contribution is 5.68. The van der Waals surface area contributed by atoms with Gasteiger partial charge in [0.15, 0.2) is 0 Å². The zero-order valence-corrected chi connectivity index (χ0v) is 13.9. The van der Waals surface area contributed by atoms with Gasteiger partial charge < -0.3 is 14.5 Å². The molecule has 6 heteroatoms. The van der Waals surface area contributed by atoms with Gasteiger partial charge in [-0.2, -0.15) is 0 Å². The van der Waals surface area contributed by atoms with Crippen LogP contribution in [0.5, 0.6) is 0 Å². The van der Waals surface area contributed by atoms with E-state index >= 15 is 0 Å². The molecule has 0 radical (unpaired) electrons. The molecule has 1 aromatic heterocycles. The number of carbonyl (C=O) groups excluding carboxylic acids is 1. The van der Waals surface area contributed by atoms with Gasteiger partial charge in [-0.1, -0.05) is 0 Å². The third-order valence-corrected chi connectivity index (χ3v) is 3.58. The summed E-state index contributed by atoms with van der Waals surface area (Å²) in [5.74, 6) is 0.444. The Morgan fingerprint density at radius 3 is 2.59 bits per heavy atom. The fourth-order valence-corrected chi connectivity index (χ4v) is 2.48. The largest absolute Gasteiger partial charge is 0.444 e. The summed E-state index contributed by atoms with van der Waals surface area (Å²) in [4.78, 5) is 20.2. The second-order valence-corrected chi connectivity index (χ2v) is 6.71. The SMILES string of the molecule is Cc1nc(N2CCN(C(=O)OC(C)(C)C)C[C@H]2C)ccc1F. The Balaban J connectivity index is 2.03. The lowest BCUT2D eigenvalue weighted by Gasteiger charge is -2.40. The Morgan fingerprint density at radius 2 is 2.05 bits per heavy atom. The molecule has 1 aromatic rings. The van der Waals surface area contributed by atoms with Crippen molar-refractivity contribution in [2.45, 2.75) is 46.3 Å². The average Bonchev–Trinajstić information content (AvgIpc) is 2.40. The molecule has 1 fully saturated rings. The lowest BCUT2D eigenvalue weighted by Crippen LogP contribution is -2.54. The van der Waals surface area contributed by atoms with E-state index in [1.54, 1.807) is 17.9 Å². The number of piperazine rings is 1. The highest BCUT2D eigenvalue weighted by Gasteiger charge is 2.30. The number of pyridine rings is 1. The first-order valence-corrected chi connectivity index (χ1v) is 7.55. The van der Waals surface area contributed by atoms with Gasteiger partial charge in [0, 0.05) is 25.7 Å². The second-order valence-electron chi connectivity index (χ2n) is 6.71. The van der Waals surface area contributed by atoms with Crippen LogP contribution in [0.4, 0.5) is 15.0 Å². The highest BCUT2D eigenvalue weighted by atomic mass is 19.1. The van der Waals surface area contributed by atoms with Crippen LogP contribution in [-0.2, 0) is 4.74 Å². The summed E-state index contributed by atoms with van der Waals surface area (Å²) in [6.45, 7) is 11.0. The minimum absolute atomic E-state index is 0.0960. The lowest BCUT2D eigenvalue weighted by atomic mass is 10.2. The second kappa shape index (κ2) is 6.10.